The average Bonchev–Trinajstić information content (AvgIpc) is 2.78. The Morgan fingerprint density at radius 3 is 2.94 bits per heavy atom. The standard InChI is InChI=1S/C14H20N2O/c1-3-4-5-13(15)12-9-16-14-7-6-10(17-2)8-11(12)14/h6-9,13,16H,3-5,15H2,1-2H3. The van der Waals surface area contributed by atoms with Gasteiger partial charge in [-0.15, -0.1) is 0 Å². The molecule has 3 nitrogen and oxygen atoms in total. The SMILES string of the molecule is CCCCC(N)c1c[nH]c2ccc(OC)cc12. The molecule has 1 atom stereocenters. The van der Waals surface area contributed by atoms with Crippen LogP contribution in [0.25, 0.3) is 10.9 Å². The topological polar surface area (TPSA) is 51.0 Å². The van der Waals surface area contributed by atoms with Gasteiger partial charge in [0.25, 0.3) is 0 Å². The van der Waals surface area contributed by atoms with Crippen LogP contribution < -0.4 is 10.5 Å². The predicted molar refractivity (Wildman–Crippen MR) is 71.3 cm³/mol. The molecule has 0 spiro atoms. The van der Waals surface area contributed by atoms with E-state index in [1.54, 1.807) is 7.11 Å². The minimum atomic E-state index is 0.107. The van der Waals surface area contributed by atoms with Crippen LogP contribution in [-0.4, -0.2) is 12.1 Å². The van der Waals surface area contributed by atoms with E-state index in [-0.39, 0.29) is 6.04 Å². The fraction of sp³-hybridized carbons (Fsp3) is 0.429. The summed E-state index contributed by atoms with van der Waals surface area (Å²) < 4.78 is 5.25. The van der Waals surface area contributed by atoms with Gasteiger partial charge in [-0.2, -0.15) is 0 Å². The van der Waals surface area contributed by atoms with Crippen LogP contribution >= 0.6 is 0 Å². The monoisotopic (exact) mass is 232 g/mol. The van der Waals surface area contributed by atoms with Crippen molar-refractivity contribution < 1.29 is 4.74 Å². The van der Waals surface area contributed by atoms with E-state index in [0.29, 0.717) is 0 Å². The summed E-state index contributed by atoms with van der Waals surface area (Å²) in [5.41, 5.74) is 8.53. The third-order valence-electron chi connectivity index (χ3n) is 3.19. The molecule has 2 rings (SSSR count). The molecule has 3 heteroatoms. The smallest absolute Gasteiger partial charge is 0.119 e. The van der Waals surface area contributed by atoms with Crippen molar-refractivity contribution in [3.63, 3.8) is 0 Å². The Balaban J connectivity index is 2.33. The summed E-state index contributed by atoms with van der Waals surface area (Å²) in [4.78, 5) is 3.26. The first-order chi connectivity index (χ1) is 8.26. The Labute approximate surface area is 102 Å². The van der Waals surface area contributed by atoms with E-state index < -0.39 is 0 Å². The molecule has 1 aromatic heterocycles. The molecule has 1 heterocycles. The zero-order valence-electron chi connectivity index (χ0n) is 10.5. The lowest BCUT2D eigenvalue weighted by Gasteiger charge is -2.10. The molecular weight excluding hydrogens is 212 g/mol. The fourth-order valence-corrected chi connectivity index (χ4v) is 2.13. The summed E-state index contributed by atoms with van der Waals surface area (Å²) in [5.74, 6) is 0.876. The first-order valence-electron chi connectivity index (χ1n) is 6.17. The lowest BCUT2D eigenvalue weighted by atomic mass is 10.0. The van der Waals surface area contributed by atoms with Crippen LogP contribution in [0.3, 0.4) is 0 Å². The summed E-state index contributed by atoms with van der Waals surface area (Å²) in [5, 5.41) is 1.17. The number of aromatic nitrogens is 1. The third kappa shape index (κ3) is 2.44. The Kier molecular flexibility index (Phi) is 3.69. The van der Waals surface area contributed by atoms with Crippen LogP contribution in [0.4, 0.5) is 0 Å². The second kappa shape index (κ2) is 5.23. The lowest BCUT2D eigenvalue weighted by molar-refractivity contribution is 0.415. The van der Waals surface area contributed by atoms with Gasteiger partial charge >= 0.3 is 0 Å². The zero-order chi connectivity index (χ0) is 12.3. The molecule has 0 bridgehead atoms. The van der Waals surface area contributed by atoms with Crippen molar-refractivity contribution in [2.75, 3.05) is 7.11 Å². The molecular formula is C14H20N2O. The van der Waals surface area contributed by atoms with Gasteiger partial charge in [0.2, 0.25) is 0 Å². The molecule has 2 aromatic rings. The van der Waals surface area contributed by atoms with Crippen molar-refractivity contribution in [3.8, 4) is 5.75 Å². The molecule has 17 heavy (non-hydrogen) atoms. The van der Waals surface area contributed by atoms with Gasteiger partial charge in [-0.05, 0) is 30.2 Å². The Hall–Kier alpha value is -1.48. The molecule has 0 saturated carbocycles. The number of hydrogen-bond acceptors (Lipinski definition) is 2. The van der Waals surface area contributed by atoms with E-state index in [0.717, 1.165) is 24.1 Å². The number of unbranched alkanes of at least 4 members (excludes halogenated alkanes) is 1. The summed E-state index contributed by atoms with van der Waals surface area (Å²) >= 11 is 0. The largest absolute Gasteiger partial charge is 0.497 e. The van der Waals surface area contributed by atoms with Crippen LogP contribution in [0, 0.1) is 0 Å². The van der Waals surface area contributed by atoms with Crippen molar-refractivity contribution in [2.24, 2.45) is 5.73 Å². The molecule has 0 amide bonds. The fourth-order valence-electron chi connectivity index (χ4n) is 2.13. The molecule has 3 N–H and O–H groups in total. The quantitative estimate of drug-likeness (QED) is 0.830. The van der Waals surface area contributed by atoms with Crippen molar-refractivity contribution >= 4 is 10.9 Å². The maximum atomic E-state index is 6.22. The Bertz CT molecular complexity index is 490. The van der Waals surface area contributed by atoms with Crippen molar-refractivity contribution in [2.45, 2.75) is 32.2 Å². The number of fused-ring (bicyclic) bond motifs is 1. The summed E-state index contributed by atoms with van der Waals surface area (Å²) in [6, 6.07) is 6.15. The highest BCUT2D eigenvalue weighted by atomic mass is 16.5. The first-order valence-corrected chi connectivity index (χ1v) is 6.17. The molecule has 0 saturated heterocycles. The van der Waals surface area contributed by atoms with Gasteiger partial charge in [0.1, 0.15) is 5.75 Å². The van der Waals surface area contributed by atoms with Gasteiger partial charge in [0, 0.05) is 23.1 Å². The van der Waals surface area contributed by atoms with Crippen molar-refractivity contribution in [1.82, 2.24) is 4.98 Å². The maximum Gasteiger partial charge on any atom is 0.119 e. The number of hydrogen-bond donors (Lipinski definition) is 2. The number of nitrogens with two attached hydrogens (primary N) is 1. The van der Waals surface area contributed by atoms with Crippen LogP contribution in [0.2, 0.25) is 0 Å². The van der Waals surface area contributed by atoms with Gasteiger partial charge in [-0.3, -0.25) is 0 Å². The van der Waals surface area contributed by atoms with Crippen LogP contribution in [0.1, 0.15) is 37.8 Å². The molecule has 1 unspecified atom stereocenters. The van der Waals surface area contributed by atoms with Gasteiger partial charge in [-0.1, -0.05) is 19.8 Å². The van der Waals surface area contributed by atoms with Crippen LogP contribution in [0.15, 0.2) is 24.4 Å². The van der Waals surface area contributed by atoms with E-state index >= 15 is 0 Å². The number of H-pyrrole nitrogens is 1. The van der Waals surface area contributed by atoms with Gasteiger partial charge < -0.3 is 15.5 Å². The highest BCUT2D eigenvalue weighted by Crippen LogP contribution is 2.28. The van der Waals surface area contributed by atoms with E-state index in [2.05, 4.69) is 11.9 Å². The van der Waals surface area contributed by atoms with Gasteiger partial charge in [-0.25, -0.2) is 0 Å². The van der Waals surface area contributed by atoms with E-state index in [9.17, 15) is 0 Å². The number of nitrogens with one attached hydrogen (secondary N) is 1. The van der Waals surface area contributed by atoms with Gasteiger partial charge in [0.15, 0.2) is 0 Å². The van der Waals surface area contributed by atoms with E-state index in [1.165, 1.54) is 17.4 Å². The number of rotatable bonds is 5. The second-order valence-corrected chi connectivity index (χ2v) is 4.40. The number of methoxy groups -OCH3 is 1. The minimum Gasteiger partial charge on any atom is -0.497 e. The van der Waals surface area contributed by atoms with Gasteiger partial charge in [0.05, 0.1) is 7.11 Å². The Morgan fingerprint density at radius 2 is 2.24 bits per heavy atom. The third-order valence-corrected chi connectivity index (χ3v) is 3.19. The van der Waals surface area contributed by atoms with E-state index in [1.807, 2.05) is 24.4 Å². The molecule has 0 fully saturated rings. The van der Waals surface area contributed by atoms with Crippen LogP contribution in [-0.2, 0) is 0 Å². The Morgan fingerprint density at radius 1 is 1.41 bits per heavy atom. The molecule has 0 radical (unpaired) electrons. The van der Waals surface area contributed by atoms with Crippen molar-refractivity contribution in [3.05, 3.63) is 30.0 Å². The molecule has 92 valence electrons. The lowest BCUT2D eigenvalue weighted by Crippen LogP contribution is -2.09. The summed E-state index contributed by atoms with van der Waals surface area (Å²) in [6.07, 6.45) is 5.39. The number of aromatic amines is 1. The molecule has 1 aromatic carbocycles. The summed E-state index contributed by atoms with van der Waals surface area (Å²) in [7, 11) is 1.69. The molecule has 0 aliphatic heterocycles. The predicted octanol–water partition coefficient (Wildman–Crippen LogP) is 3.37. The van der Waals surface area contributed by atoms with Crippen molar-refractivity contribution in [1.29, 1.82) is 0 Å². The minimum absolute atomic E-state index is 0.107. The van der Waals surface area contributed by atoms with Crippen LogP contribution in [0.5, 0.6) is 5.75 Å². The molecule has 0 aliphatic rings. The highest BCUT2D eigenvalue weighted by molar-refractivity contribution is 5.85. The second-order valence-electron chi connectivity index (χ2n) is 4.40. The zero-order valence-corrected chi connectivity index (χ0v) is 10.5. The highest BCUT2D eigenvalue weighted by Gasteiger charge is 2.11. The average molecular weight is 232 g/mol. The maximum absolute atomic E-state index is 6.22. The molecule has 0 aliphatic carbocycles. The number of ether oxygens (including phenoxy) is 1. The van der Waals surface area contributed by atoms with E-state index in [4.69, 9.17) is 10.5 Å². The normalized spacial score (nSPS) is 12.9. The number of benzene rings is 1. The summed E-state index contributed by atoms with van der Waals surface area (Å²) in [6.45, 7) is 2.19. The first kappa shape index (κ1) is 12.0.